The van der Waals surface area contributed by atoms with E-state index in [2.05, 4.69) is 0 Å². The van der Waals surface area contributed by atoms with Gasteiger partial charge in [-0.3, -0.25) is 4.79 Å². The minimum absolute atomic E-state index is 0.291. The molecule has 1 spiro atoms. The molecule has 4 heteroatoms. The van der Waals surface area contributed by atoms with Crippen molar-refractivity contribution in [2.75, 3.05) is 0 Å². The third-order valence-electron chi connectivity index (χ3n) is 4.77. The van der Waals surface area contributed by atoms with Crippen LogP contribution in [0.25, 0.3) is 16.8 Å². The first-order chi connectivity index (χ1) is 12.2. The molecule has 0 N–H and O–H groups in total. The molecule has 0 unspecified atom stereocenters. The second-order valence-corrected chi connectivity index (χ2v) is 6.08. The van der Waals surface area contributed by atoms with Gasteiger partial charge in [-0.05, 0) is 28.5 Å². The van der Waals surface area contributed by atoms with Gasteiger partial charge in [0.05, 0.1) is 5.56 Å². The zero-order valence-corrected chi connectivity index (χ0v) is 13.1. The molecule has 1 aliphatic heterocycles. The number of carbonyl (C=O) groups excluding carboxylic acids is 2. The Kier molecular flexibility index (Phi) is 2.69. The number of benzene rings is 3. The summed E-state index contributed by atoms with van der Waals surface area (Å²) in [5.74, 6) is 0.0638. The zero-order valence-electron chi connectivity index (χ0n) is 13.1. The SMILES string of the molecule is O=C1Oc2ccc3ccccc3c2[C@]2(O1)C(=O)C=Cc1ccccc12. The molecule has 2 aliphatic rings. The summed E-state index contributed by atoms with van der Waals surface area (Å²) >= 11 is 0. The van der Waals surface area contributed by atoms with Crippen molar-refractivity contribution in [3.8, 4) is 5.75 Å². The number of fused-ring (bicyclic) bond motifs is 6. The molecule has 4 nitrogen and oxygen atoms in total. The van der Waals surface area contributed by atoms with Gasteiger partial charge in [0, 0.05) is 5.56 Å². The standard InChI is InChI=1S/C21H12O4/c22-18-12-10-14-6-2-4-8-16(14)21(18)19-15-7-3-1-5-13(15)9-11-17(19)24-20(23)25-21/h1-12H/t21-/m1/s1. The predicted octanol–water partition coefficient (Wildman–Crippen LogP) is 4.21. The summed E-state index contributed by atoms with van der Waals surface area (Å²) in [6, 6.07) is 18.7. The van der Waals surface area contributed by atoms with Crippen LogP contribution in [0.1, 0.15) is 16.7 Å². The van der Waals surface area contributed by atoms with Crippen LogP contribution >= 0.6 is 0 Å². The van der Waals surface area contributed by atoms with Crippen molar-refractivity contribution in [3.05, 3.63) is 83.4 Å². The average molecular weight is 328 g/mol. The molecule has 1 aliphatic carbocycles. The maximum atomic E-state index is 13.1. The summed E-state index contributed by atoms with van der Waals surface area (Å²) in [5, 5.41) is 1.77. The molecule has 0 amide bonds. The van der Waals surface area contributed by atoms with Gasteiger partial charge >= 0.3 is 6.16 Å². The van der Waals surface area contributed by atoms with Crippen LogP contribution in [0.3, 0.4) is 0 Å². The number of ketones is 1. The molecule has 0 radical (unpaired) electrons. The quantitative estimate of drug-likeness (QED) is 0.458. The fraction of sp³-hybridized carbons (Fsp3) is 0.0476. The van der Waals surface area contributed by atoms with Crippen molar-refractivity contribution in [2.45, 2.75) is 5.60 Å². The average Bonchev–Trinajstić information content (AvgIpc) is 2.64. The van der Waals surface area contributed by atoms with Crippen molar-refractivity contribution < 1.29 is 19.1 Å². The third-order valence-corrected chi connectivity index (χ3v) is 4.77. The van der Waals surface area contributed by atoms with E-state index in [1.807, 2.05) is 54.6 Å². The number of hydrogen-bond donors (Lipinski definition) is 0. The van der Waals surface area contributed by atoms with Crippen LogP contribution in [0, 0.1) is 0 Å². The first-order valence-electron chi connectivity index (χ1n) is 7.95. The fourth-order valence-corrected chi connectivity index (χ4v) is 3.73. The van der Waals surface area contributed by atoms with E-state index >= 15 is 0 Å². The van der Waals surface area contributed by atoms with E-state index in [4.69, 9.17) is 9.47 Å². The topological polar surface area (TPSA) is 52.6 Å². The minimum atomic E-state index is -1.52. The van der Waals surface area contributed by atoms with Crippen molar-refractivity contribution in [2.24, 2.45) is 0 Å². The number of hydrogen-bond acceptors (Lipinski definition) is 4. The largest absolute Gasteiger partial charge is 0.515 e. The summed E-state index contributed by atoms with van der Waals surface area (Å²) in [5.41, 5.74) is 0.552. The molecule has 120 valence electrons. The highest BCUT2D eigenvalue weighted by molar-refractivity contribution is 6.11. The molecule has 0 fully saturated rings. The number of carbonyl (C=O) groups is 2. The molecular formula is C21H12O4. The first kappa shape index (κ1) is 14.0. The van der Waals surface area contributed by atoms with E-state index in [1.165, 1.54) is 6.08 Å². The summed E-state index contributed by atoms with van der Waals surface area (Å²) < 4.78 is 10.9. The lowest BCUT2D eigenvalue weighted by Gasteiger charge is -2.38. The van der Waals surface area contributed by atoms with Gasteiger partial charge < -0.3 is 9.47 Å². The van der Waals surface area contributed by atoms with Gasteiger partial charge in [-0.1, -0.05) is 60.7 Å². The Morgan fingerprint density at radius 3 is 2.52 bits per heavy atom. The molecule has 1 heterocycles. The molecular weight excluding hydrogens is 316 g/mol. The normalized spacial score (nSPS) is 20.8. The highest BCUT2D eigenvalue weighted by Crippen LogP contribution is 2.49. The number of ether oxygens (including phenoxy) is 2. The smallest absolute Gasteiger partial charge is 0.409 e. The lowest BCUT2D eigenvalue weighted by molar-refractivity contribution is -0.132. The summed E-state index contributed by atoms with van der Waals surface area (Å²) in [7, 11) is 0. The molecule has 5 rings (SSSR count). The van der Waals surface area contributed by atoms with Gasteiger partial charge in [0.2, 0.25) is 11.4 Å². The Labute approximate surface area is 143 Å². The van der Waals surface area contributed by atoms with E-state index in [1.54, 1.807) is 12.1 Å². The van der Waals surface area contributed by atoms with Crippen LogP contribution < -0.4 is 4.74 Å². The lowest BCUT2D eigenvalue weighted by atomic mass is 9.74. The molecule has 25 heavy (non-hydrogen) atoms. The minimum Gasteiger partial charge on any atom is -0.409 e. The van der Waals surface area contributed by atoms with E-state index < -0.39 is 11.8 Å². The Hall–Kier alpha value is -3.40. The van der Waals surface area contributed by atoms with Crippen LogP contribution in [0.2, 0.25) is 0 Å². The Bertz CT molecular complexity index is 1100. The first-order valence-corrected chi connectivity index (χ1v) is 7.95. The molecule has 3 aromatic rings. The van der Waals surface area contributed by atoms with Crippen LogP contribution in [-0.2, 0) is 15.1 Å². The van der Waals surface area contributed by atoms with E-state index in [-0.39, 0.29) is 5.78 Å². The lowest BCUT2D eigenvalue weighted by Crippen LogP contribution is -2.46. The van der Waals surface area contributed by atoms with Crippen LogP contribution in [0.15, 0.2) is 66.7 Å². The predicted molar refractivity (Wildman–Crippen MR) is 92.3 cm³/mol. The summed E-state index contributed by atoms with van der Waals surface area (Å²) in [6.07, 6.45) is 2.34. The maximum absolute atomic E-state index is 13.1. The van der Waals surface area contributed by atoms with Gasteiger partial charge in [-0.2, -0.15) is 0 Å². The van der Waals surface area contributed by atoms with Crippen LogP contribution in [0.5, 0.6) is 5.75 Å². The zero-order chi connectivity index (χ0) is 17.0. The second kappa shape index (κ2) is 4.80. The van der Waals surface area contributed by atoms with Crippen molar-refractivity contribution in [1.82, 2.24) is 0 Å². The van der Waals surface area contributed by atoms with Gasteiger partial charge in [-0.15, -0.1) is 0 Å². The van der Waals surface area contributed by atoms with E-state index in [0.717, 1.165) is 16.3 Å². The molecule has 3 aromatic carbocycles. The van der Waals surface area contributed by atoms with Crippen LogP contribution in [-0.4, -0.2) is 11.9 Å². The fourth-order valence-electron chi connectivity index (χ4n) is 3.73. The third kappa shape index (κ3) is 1.76. The molecule has 0 saturated carbocycles. The van der Waals surface area contributed by atoms with E-state index in [9.17, 15) is 9.59 Å². The highest BCUT2D eigenvalue weighted by atomic mass is 16.7. The highest BCUT2D eigenvalue weighted by Gasteiger charge is 2.53. The van der Waals surface area contributed by atoms with Crippen molar-refractivity contribution in [3.63, 3.8) is 0 Å². The number of rotatable bonds is 0. The molecule has 0 saturated heterocycles. The second-order valence-electron chi connectivity index (χ2n) is 6.08. The monoisotopic (exact) mass is 328 g/mol. The summed E-state index contributed by atoms with van der Waals surface area (Å²) in [6.45, 7) is 0. The van der Waals surface area contributed by atoms with E-state index in [0.29, 0.717) is 16.9 Å². The molecule has 0 bridgehead atoms. The Balaban J connectivity index is 1.96. The molecule has 0 aromatic heterocycles. The van der Waals surface area contributed by atoms with Crippen molar-refractivity contribution >= 4 is 28.8 Å². The Morgan fingerprint density at radius 2 is 1.60 bits per heavy atom. The van der Waals surface area contributed by atoms with Gasteiger partial charge in [0.1, 0.15) is 5.75 Å². The van der Waals surface area contributed by atoms with Gasteiger partial charge in [0.15, 0.2) is 0 Å². The van der Waals surface area contributed by atoms with Gasteiger partial charge in [-0.25, -0.2) is 4.79 Å². The Morgan fingerprint density at radius 1 is 0.800 bits per heavy atom. The van der Waals surface area contributed by atoms with Gasteiger partial charge in [0.25, 0.3) is 0 Å². The molecule has 1 atom stereocenters. The summed E-state index contributed by atoms with van der Waals surface area (Å²) in [4.78, 5) is 25.2. The maximum Gasteiger partial charge on any atom is 0.515 e. The van der Waals surface area contributed by atoms with Crippen molar-refractivity contribution in [1.29, 1.82) is 0 Å². The van der Waals surface area contributed by atoms with Crippen LogP contribution in [0.4, 0.5) is 4.79 Å².